The second-order valence-electron chi connectivity index (χ2n) is 5.94. The van der Waals surface area contributed by atoms with Crippen LogP contribution >= 0.6 is 19.2 Å². The molecular weight excluding hydrogens is 461 g/mol. The van der Waals surface area contributed by atoms with E-state index in [1.54, 1.807) is 0 Å². The average molecular weight is 480 g/mol. The van der Waals surface area contributed by atoms with Crippen molar-refractivity contribution in [1.29, 1.82) is 0 Å². The van der Waals surface area contributed by atoms with E-state index in [2.05, 4.69) is 19.7 Å². The third kappa shape index (κ3) is 5.88. The molecule has 0 radical (unpaired) electrons. The highest BCUT2D eigenvalue weighted by Crippen LogP contribution is 2.42. The zero-order chi connectivity index (χ0) is 23.3. The van der Waals surface area contributed by atoms with Crippen molar-refractivity contribution < 1.29 is 43.6 Å². The van der Waals surface area contributed by atoms with Crippen LogP contribution in [0.3, 0.4) is 0 Å². The van der Waals surface area contributed by atoms with Gasteiger partial charge in [0.25, 0.3) is 5.85 Å². The first-order chi connectivity index (χ1) is 14.5. The minimum absolute atomic E-state index is 0.0488. The number of fused-ring (bicyclic) bond motifs is 1. The molecule has 1 unspecified atom stereocenters. The molecule has 0 spiro atoms. The molecule has 0 aliphatic rings. The molecule has 14 nitrogen and oxygen atoms in total. The second-order valence-corrected chi connectivity index (χ2v) is 7.93. The summed E-state index contributed by atoms with van der Waals surface area (Å²) < 4.78 is 27.4. The quantitative estimate of drug-likeness (QED) is 0.115. The third-order valence-corrected chi connectivity index (χ3v) is 4.96. The molecule has 2 aromatic rings. The number of carbonyl (C=O) groups excluding carboxylic acids is 1. The number of methoxy groups -OCH3 is 1. The fourth-order valence-electron chi connectivity index (χ4n) is 2.41. The number of aliphatic hydroxyl groups is 2. The number of carbonyl (C=O) groups is 1. The lowest BCUT2D eigenvalue weighted by Gasteiger charge is -2.27. The Kier molecular flexibility index (Phi) is 8.29. The summed E-state index contributed by atoms with van der Waals surface area (Å²) in [5.41, 5.74) is 5.92. The Balaban J connectivity index is 2.30. The lowest BCUT2D eigenvalue weighted by atomic mass is 10.3. The molecule has 0 fully saturated rings. The van der Waals surface area contributed by atoms with Crippen molar-refractivity contribution in [2.24, 2.45) is 0 Å². The van der Waals surface area contributed by atoms with Crippen LogP contribution in [-0.4, -0.2) is 83.9 Å². The Labute approximate surface area is 180 Å². The van der Waals surface area contributed by atoms with Gasteiger partial charge in [0.1, 0.15) is 11.6 Å². The Morgan fingerprint density at radius 1 is 1.45 bits per heavy atom. The Hall–Kier alpha value is -2.34. The van der Waals surface area contributed by atoms with E-state index in [1.807, 2.05) is 5.92 Å². The number of esters is 1. The van der Waals surface area contributed by atoms with Crippen molar-refractivity contribution in [3.05, 3.63) is 11.6 Å². The third-order valence-electron chi connectivity index (χ3n) is 3.82. The summed E-state index contributed by atoms with van der Waals surface area (Å²) in [5, 5.41) is 19.6. The van der Waals surface area contributed by atoms with Gasteiger partial charge in [0.2, 0.25) is 5.28 Å². The lowest BCUT2D eigenvalue weighted by Crippen LogP contribution is -2.36. The minimum Gasteiger partial charge on any atom is -0.467 e. The van der Waals surface area contributed by atoms with Crippen LogP contribution in [0.2, 0.25) is 5.28 Å². The van der Waals surface area contributed by atoms with E-state index in [0.29, 0.717) is 0 Å². The van der Waals surface area contributed by atoms with Gasteiger partial charge < -0.3 is 39.9 Å². The van der Waals surface area contributed by atoms with Gasteiger partial charge in [-0.1, -0.05) is 5.92 Å². The number of halogens is 1. The van der Waals surface area contributed by atoms with Crippen molar-refractivity contribution in [3.8, 4) is 12.3 Å². The highest BCUT2D eigenvalue weighted by molar-refractivity contribution is 7.53. The van der Waals surface area contributed by atoms with Gasteiger partial charge in [0.05, 0.1) is 26.7 Å². The van der Waals surface area contributed by atoms with Gasteiger partial charge in [0, 0.05) is 0 Å². The normalized spacial score (nSPS) is 15.8. The maximum Gasteiger partial charge on any atom is 0.365 e. The SMILES string of the molecule is C#C[C@@H](O)[C@@H](O[C@@H](CO)COC(C(=O)OC)P(=O)(O)O)n1cnc2c(N)nc(Cl)nc21. The molecule has 6 N–H and O–H groups in total. The maximum absolute atomic E-state index is 11.6. The number of terminal acetylenes is 1. The van der Waals surface area contributed by atoms with Crippen LogP contribution in [0.4, 0.5) is 5.82 Å². The molecule has 0 amide bonds. The summed E-state index contributed by atoms with van der Waals surface area (Å²) in [6, 6.07) is 0. The Morgan fingerprint density at radius 2 is 2.13 bits per heavy atom. The molecule has 2 rings (SSSR count). The van der Waals surface area contributed by atoms with Crippen molar-refractivity contribution in [2.45, 2.75) is 24.3 Å². The van der Waals surface area contributed by atoms with Crippen LogP contribution in [0, 0.1) is 12.3 Å². The zero-order valence-corrected chi connectivity index (χ0v) is 17.6. The topological polar surface area (TPSA) is 212 Å². The van der Waals surface area contributed by atoms with Crippen LogP contribution < -0.4 is 5.73 Å². The van der Waals surface area contributed by atoms with Crippen molar-refractivity contribution in [1.82, 2.24) is 19.5 Å². The monoisotopic (exact) mass is 479 g/mol. The highest BCUT2D eigenvalue weighted by atomic mass is 35.5. The summed E-state index contributed by atoms with van der Waals surface area (Å²) >= 11 is 5.81. The lowest BCUT2D eigenvalue weighted by molar-refractivity contribution is -0.159. The number of aliphatic hydroxyl groups excluding tert-OH is 2. The van der Waals surface area contributed by atoms with E-state index in [1.165, 1.54) is 10.9 Å². The highest BCUT2D eigenvalue weighted by Gasteiger charge is 2.39. The molecule has 0 aromatic carbocycles. The van der Waals surface area contributed by atoms with Gasteiger partial charge >= 0.3 is 13.6 Å². The van der Waals surface area contributed by atoms with Gasteiger partial charge in [-0.05, 0) is 11.6 Å². The fourth-order valence-corrected chi connectivity index (χ4v) is 3.24. The van der Waals surface area contributed by atoms with Gasteiger partial charge in [-0.15, -0.1) is 6.42 Å². The fraction of sp³-hybridized carbons (Fsp3) is 0.467. The number of hydrogen-bond donors (Lipinski definition) is 5. The number of nitrogen functional groups attached to an aromatic ring is 1. The maximum atomic E-state index is 11.6. The van der Waals surface area contributed by atoms with Crippen LogP contribution in [0.5, 0.6) is 0 Å². The van der Waals surface area contributed by atoms with Crippen LogP contribution in [0.1, 0.15) is 6.23 Å². The first-order valence-electron chi connectivity index (χ1n) is 8.34. The molecule has 0 aliphatic heterocycles. The molecule has 0 saturated heterocycles. The second kappa shape index (κ2) is 10.3. The number of nitrogens with zero attached hydrogens (tertiary/aromatic N) is 4. The number of nitrogens with two attached hydrogens (primary N) is 1. The summed E-state index contributed by atoms with van der Waals surface area (Å²) in [7, 11) is -4.13. The molecule has 0 bridgehead atoms. The molecule has 2 aromatic heterocycles. The molecule has 0 aliphatic carbocycles. The summed E-state index contributed by atoms with van der Waals surface area (Å²) in [5.74, 6) is -1.57. The van der Waals surface area contributed by atoms with E-state index < -0.39 is 51.1 Å². The number of ether oxygens (including phenoxy) is 3. The molecule has 16 heteroatoms. The summed E-state index contributed by atoms with van der Waals surface area (Å²) in [4.78, 5) is 41.8. The Morgan fingerprint density at radius 3 is 2.68 bits per heavy atom. The number of anilines is 1. The van der Waals surface area contributed by atoms with E-state index in [0.717, 1.165) is 7.11 Å². The average Bonchev–Trinajstić information content (AvgIpc) is 3.12. The molecule has 2 heterocycles. The summed E-state index contributed by atoms with van der Waals surface area (Å²) in [6.07, 6.45) is 2.15. The largest absolute Gasteiger partial charge is 0.467 e. The Bertz CT molecular complexity index is 1020. The van der Waals surface area contributed by atoms with Crippen molar-refractivity contribution in [2.75, 3.05) is 26.1 Å². The van der Waals surface area contributed by atoms with E-state index in [-0.39, 0.29) is 22.3 Å². The zero-order valence-electron chi connectivity index (χ0n) is 15.9. The van der Waals surface area contributed by atoms with Crippen LogP contribution in [0.25, 0.3) is 11.2 Å². The first kappa shape index (κ1) is 24.9. The van der Waals surface area contributed by atoms with Gasteiger partial charge in [-0.3, -0.25) is 9.13 Å². The van der Waals surface area contributed by atoms with E-state index in [9.17, 15) is 29.4 Å². The predicted octanol–water partition coefficient (Wildman–Crippen LogP) is -1.37. The molecule has 0 saturated carbocycles. The smallest absolute Gasteiger partial charge is 0.365 e. The number of hydrogen-bond acceptors (Lipinski definition) is 11. The number of aromatic nitrogens is 4. The van der Waals surface area contributed by atoms with Crippen LogP contribution in [0.15, 0.2) is 6.33 Å². The van der Waals surface area contributed by atoms with Crippen LogP contribution in [-0.2, 0) is 23.6 Å². The van der Waals surface area contributed by atoms with Gasteiger partial charge in [-0.2, -0.15) is 9.97 Å². The summed E-state index contributed by atoms with van der Waals surface area (Å²) in [6.45, 7) is -1.42. The standard InChI is InChI=1S/C15H19ClN5O9P/c1-3-8(23)12(21-6-18-9-10(17)19-15(16)20-11(9)21)30-7(4-22)5-29-14(13(24)28-2)31(25,26)27/h1,6-8,12,14,22-23H,4-5H2,2H3,(H2,17,19,20)(H2,25,26,27)/t7-,8+,12+,14?/m0/s1. The number of imidazole rings is 1. The first-order valence-corrected chi connectivity index (χ1v) is 10.4. The van der Waals surface area contributed by atoms with Gasteiger partial charge in [-0.25, -0.2) is 9.78 Å². The molecule has 31 heavy (non-hydrogen) atoms. The van der Waals surface area contributed by atoms with E-state index in [4.69, 9.17) is 33.2 Å². The molecule has 170 valence electrons. The predicted molar refractivity (Wildman–Crippen MR) is 104 cm³/mol. The van der Waals surface area contributed by atoms with Crippen molar-refractivity contribution in [3.63, 3.8) is 0 Å². The van der Waals surface area contributed by atoms with E-state index >= 15 is 0 Å². The number of rotatable bonds is 10. The van der Waals surface area contributed by atoms with Gasteiger partial charge in [0.15, 0.2) is 23.8 Å². The molecule has 4 atom stereocenters. The minimum atomic E-state index is -5.04. The van der Waals surface area contributed by atoms with Crippen molar-refractivity contribution >= 4 is 42.1 Å². The molecular formula is C15H19ClN5O9P.